The third kappa shape index (κ3) is 7.53. The number of amides is 1. The monoisotopic (exact) mass is 269 g/mol. The Hall–Kier alpha value is -0.610. The van der Waals surface area contributed by atoms with Crippen molar-refractivity contribution in [2.45, 2.75) is 46.0 Å². The van der Waals surface area contributed by atoms with Crippen LogP contribution in [0.3, 0.4) is 0 Å². The van der Waals surface area contributed by atoms with Crippen LogP contribution < -0.4 is 11.1 Å². The van der Waals surface area contributed by atoms with Gasteiger partial charge in [0.15, 0.2) is 0 Å². The Balaban J connectivity index is 2.05. The molecule has 0 bridgehead atoms. The molecule has 1 rings (SSSR count). The summed E-state index contributed by atoms with van der Waals surface area (Å²) in [6, 6.07) is 0. The van der Waals surface area contributed by atoms with E-state index in [1.54, 1.807) is 0 Å². The lowest BCUT2D eigenvalue weighted by atomic mass is 9.94. The third-order valence-electron chi connectivity index (χ3n) is 3.78. The second-order valence-corrected chi connectivity index (χ2v) is 6.19. The van der Waals surface area contributed by atoms with Crippen LogP contribution in [-0.4, -0.2) is 43.5 Å². The summed E-state index contributed by atoms with van der Waals surface area (Å²) in [6.45, 7) is 9.35. The second kappa shape index (κ2) is 9.32. The quantitative estimate of drug-likeness (QED) is 0.625. The fraction of sp³-hybridized carbons (Fsp3) is 0.933. The molecule has 1 heterocycles. The average molecular weight is 269 g/mol. The number of nitrogens with one attached hydrogen (secondary N) is 1. The molecule has 4 nitrogen and oxygen atoms in total. The van der Waals surface area contributed by atoms with E-state index in [-0.39, 0.29) is 5.91 Å². The topological polar surface area (TPSA) is 58.4 Å². The summed E-state index contributed by atoms with van der Waals surface area (Å²) in [5.74, 6) is 1.10. The highest BCUT2D eigenvalue weighted by Crippen LogP contribution is 2.14. The Bertz CT molecular complexity index is 250. The van der Waals surface area contributed by atoms with Gasteiger partial charge in [-0.25, -0.2) is 0 Å². The van der Waals surface area contributed by atoms with Gasteiger partial charge >= 0.3 is 0 Å². The minimum absolute atomic E-state index is 0.164. The van der Waals surface area contributed by atoms with E-state index < -0.39 is 0 Å². The Morgan fingerprint density at radius 1 is 1.32 bits per heavy atom. The summed E-state index contributed by atoms with van der Waals surface area (Å²) < 4.78 is 0. The molecule has 1 fully saturated rings. The van der Waals surface area contributed by atoms with Crippen LogP contribution >= 0.6 is 0 Å². The van der Waals surface area contributed by atoms with Crippen molar-refractivity contribution in [3.63, 3.8) is 0 Å². The zero-order chi connectivity index (χ0) is 14.1. The lowest BCUT2D eigenvalue weighted by Crippen LogP contribution is -2.31. The molecule has 0 radical (unpaired) electrons. The van der Waals surface area contributed by atoms with E-state index in [0.29, 0.717) is 24.8 Å². The molecule has 19 heavy (non-hydrogen) atoms. The molecule has 0 aromatic carbocycles. The van der Waals surface area contributed by atoms with Gasteiger partial charge in [-0.2, -0.15) is 0 Å². The first-order chi connectivity index (χ1) is 9.11. The van der Waals surface area contributed by atoms with Gasteiger partial charge < -0.3 is 16.0 Å². The van der Waals surface area contributed by atoms with Gasteiger partial charge in [0.25, 0.3) is 0 Å². The van der Waals surface area contributed by atoms with Gasteiger partial charge in [0.1, 0.15) is 0 Å². The maximum atomic E-state index is 11.8. The first-order valence-electron chi connectivity index (χ1n) is 7.81. The van der Waals surface area contributed by atoms with E-state index in [0.717, 1.165) is 25.9 Å². The first kappa shape index (κ1) is 16.4. The predicted octanol–water partition coefficient (Wildman–Crippen LogP) is 1.60. The van der Waals surface area contributed by atoms with E-state index in [1.165, 1.54) is 25.9 Å². The van der Waals surface area contributed by atoms with Gasteiger partial charge in [-0.05, 0) is 63.7 Å². The van der Waals surface area contributed by atoms with Gasteiger partial charge in [-0.3, -0.25) is 4.79 Å². The molecule has 1 amide bonds. The summed E-state index contributed by atoms with van der Waals surface area (Å²) in [7, 11) is 0. The molecule has 0 aliphatic carbocycles. The molecule has 0 aromatic rings. The van der Waals surface area contributed by atoms with Gasteiger partial charge in [-0.1, -0.05) is 13.8 Å². The standard InChI is InChI=1S/C15H31N3O/c1-13(2)10-14(12-16)11-15(19)17-6-5-9-18-7-3-4-8-18/h13-14H,3-12,16H2,1-2H3,(H,17,19). The molecule has 112 valence electrons. The van der Waals surface area contributed by atoms with Crippen molar-refractivity contribution in [3.05, 3.63) is 0 Å². The van der Waals surface area contributed by atoms with Crippen LogP contribution in [0.5, 0.6) is 0 Å². The van der Waals surface area contributed by atoms with Crippen molar-refractivity contribution >= 4 is 5.91 Å². The third-order valence-corrected chi connectivity index (χ3v) is 3.78. The molecule has 1 atom stereocenters. The van der Waals surface area contributed by atoms with E-state index >= 15 is 0 Å². The van der Waals surface area contributed by atoms with Crippen molar-refractivity contribution in [1.82, 2.24) is 10.2 Å². The number of nitrogens with two attached hydrogens (primary N) is 1. The number of rotatable bonds is 9. The fourth-order valence-corrected chi connectivity index (χ4v) is 2.80. The van der Waals surface area contributed by atoms with Gasteiger partial charge in [0.2, 0.25) is 5.91 Å². The predicted molar refractivity (Wildman–Crippen MR) is 79.9 cm³/mol. The van der Waals surface area contributed by atoms with Crippen molar-refractivity contribution in [1.29, 1.82) is 0 Å². The van der Waals surface area contributed by atoms with E-state index in [2.05, 4.69) is 24.1 Å². The van der Waals surface area contributed by atoms with Crippen LogP contribution in [0.4, 0.5) is 0 Å². The van der Waals surface area contributed by atoms with E-state index in [1.807, 2.05) is 0 Å². The van der Waals surface area contributed by atoms with Crippen LogP contribution in [0.15, 0.2) is 0 Å². The number of carbonyl (C=O) groups excluding carboxylic acids is 1. The van der Waals surface area contributed by atoms with Crippen molar-refractivity contribution < 1.29 is 4.79 Å². The molecular formula is C15H31N3O. The average Bonchev–Trinajstić information content (AvgIpc) is 2.86. The lowest BCUT2D eigenvalue weighted by molar-refractivity contribution is -0.122. The number of hydrogen-bond donors (Lipinski definition) is 2. The number of hydrogen-bond acceptors (Lipinski definition) is 3. The highest BCUT2D eigenvalue weighted by molar-refractivity contribution is 5.76. The van der Waals surface area contributed by atoms with E-state index in [9.17, 15) is 4.79 Å². The van der Waals surface area contributed by atoms with Gasteiger partial charge in [0.05, 0.1) is 0 Å². The summed E-state index contributed by atoms with van der Waals surface area (Å²) in [4.78, 5) is 14.3. The Morgan fingerprint density at radius 2 is 2.00 bits per heavy atom. The first-order valence-corrected chi connectivity index (χ1v) is 7.81. The largest absolute Gasteiger partial charge is 0.356 e. The highest BCUT2D eigenvalue weighted by Gasteiger charge is 2.14. The number of carbonyl (C=O) groups is 1. The fourth-order valence-electron chi connectivity index (χ4n) is 2.80. The Labute approximate surface area is 118 Å². The van der Waals surface area contributed by atoms with Crippen LogP contribution in [0.2, 0.25) is 0 Å². The van der Waals surface area contributed by atoms with Crippen molar-refractivity contribution in [3.8, 4) is 0 Å². The Kier molecular flexibility index (Phi) is 8.07. The summed E-state index contributed by atoms with van der Waals surface area (Å²) >= 11 is 0. The smallest absolute Gasteiger partial charge is 0.220 e. The van der Waals surface area contributed by atoms with Crippen LogP contribution in [0.25, 0.3) is 0 Å². The minimum atomic E-state index is 0.164. The lowest BCUT2D eigenvalue weighted by Gasteiger charge is -2.17. The molecule has 0 aromatic heterocycles. The second-order valence-electron chi connectivity index (χ2n) is 6.19. The zero-order valence-corrected chi connectivity index (χ0v) is 12.7. The zero-order valence-electron chi connectivity index (χ0n) is 12.7. The molecule has 3 N–H and O–H groups in total. The number of likely N-dealkylation sites (tertiary alicyclic amines) is 1. The normalized spacial score (nSPS) is 17.9. The van der Waals surface area contributed by atoms with Crippen LogP contribution in [0.1, 0.15) is 46.0 Å². The summed E-state index contributed by atoms with van der Waals surface area (Å²) in [6.07, 6.45) is 5.35. The molecule has 0 saturated carbocycles. The molecule has 1 aliphatic heterocycles. The summed E-state index contributed by atoms with van der Waals surface area (Å²) in [5.41, 5.74) is 5.72. The molecule has 0 spiro atoms. The van der Waals surface area contributed by atoms with Gasteiger partial charge in [-0.15, -0.1) is 0 Å². The number of nitrogens with zero attached hydrogens (tertiary/aromatic N) is 1. The van der Waals surface area contributed by atoms with Crippen LogP contribution in [-0.2, 0) is 4.79 Å². The molecule has 1 saturated heterocycles. The summed E-state index contributed by atoms with van der Waals surface area (Å²) in [5, 5.41) is 3.02. The molecular weight excluding hydrogens is 238 g/mol. The maximum Gasteiger partial charge on any atom is 0.220 e. The minimum Gasteiger partial charge on any atom is -0.356 e. The van der Waals surface area contributed by atoms with Crippen molar-refractivity contribution in [2.24, 2.45) is 17.6 Å². The Morgan fingerprint density at radius 3 is 2.58 bits per heavy atom. The van der Waals surface area contributed by atoms with E-state index in [4.69, 9.17) is 5.73 Å². The SMILES string of the molecule is CC(C)CC(CN)CC(=O)NCCCN1CCCC1. The molecule has 1 aliphatic rings. The maximum absolute atomic E-state index is 11.8. The van der Waals surface area contributed by atoms with Crippen molar-refractivity contribution in [2.75, 3.05) is 32.7 Å². The molecule has 4 heteroatoms. The highest BCUT2D eigenvalue weighted by atomic mass is 16.1. The van der Waals surface area contributed by atoms with Gasteiger partial charge in [0, 0.05) is 13.0 Å². The molecule has 1 unspecified atom stereocenters. The van der Waals surface area contributed by atoms with Crippen LogP contribution in [0, 0.1) is 11.8 Å².